The number of anilines is 2. The van der Waals surface area contributed by atoms with Gasteiger partial charge in [-0.2, -0.15) is 0 Å². The lowest BCUT2D eigenvalue weighted by Gasteiger charge is -2.16. The minimum atomic E-state index is -2.63. The summed E-state index contributed by atoms with van der Waals surface area (Å²) < 4.78 is 25.3. The number of hydrogen-bond donors (Lipinski definition) is 4. The molecule has 11 heteroatoms. The van der Waals surface area contributed by atoms with Crippen molar-refractivity contribution in [3.63, 3.8) is 0 Å². The smallest absolute Gasteiger partial charge is 0.191 e. The Balaban J connectivity index is 2.11. The molecule has 2 aromatic rings. The summed E-state index contributed by atoms with van der Waals surface area (Å²) in [6, 6.07) is 10.7. The number of aromatic nitrogens is 2. The molecule has 0 amide bonds. The number of nitrogens with zero attached hydrogens (tertiary/aromatic N) is 2. The summed E-state index contributed by atoms with van der Waals surface area (Å²) in [5.41, 5.74) is 1.10. The molecule has 1 heterocycles. The zero-order valence-electron chi connectivity index (χ0n) is 13.7. The summed E-state index contributed by atoms with van der Waals surface area (Å²) in [6.45, 7) is -0.819. The van der Waals surface area contributed by atoms with E-state index in [0.29, 0.717) is 22.5 Å². The van der Waals surface area contributed by atoms with Gasteiger partial charge in [-0.25, -0.2) is 14.2 Å². The maximum atomic E-state index is 10.4. The van der Waals surface area contributed by atoms with Crippen LogP contribution in [0, 0.1) is 0 Å². The van der Waals surface area contributed by atoms with Gasteiger partial charge in [0.2, 0.25) is 0 Å². The van der Waals surface area contributed by atoms with Crippen molar-refractivity contribution in [2.45, 2.75) is 17.0 Å². The van der Waals surface area contributed by atoms with E-state index < -0.39 is 17.4 Å². The Morgan fingerprint density at radius 2 is 1.88 bits per heavy atom. The van der Waals surface area contributed by atoms with Crippen LogP contribution in [-0.2, 0) is 21.3 Å². The van der Waals surface area contributed by atoms with Crippen molar-refractivity contribution >= 4 is 34.8 Å². The summed E-state index contributed by atoms with van der Waals surface area (Å²) in [5, 5.41) is 24.5. The summed E-state index contributed by atoms with van der Waals surface area (Å²) >= 11 is -1.24. The number of rotatable bonds is 11. The van der Waals surface area contributed by atoms with Gasteiger partial charge in [0, 0.05) is 11.8 Å². The zero-order chi connectivity index (χ0) is 18.8. The summed E-state index contributed by atoms with van der Waals surface area (Å²) in [4.78, 5) is 8.64. The van der Waals surface area contributed by atoms with Crippen LogP contribution in [0.1, 0.15) is 5.56 Å². The van der Waals surface area contributed by atoms with Crippen LogP contribution in [0.15, 0.2) is 41.6 Å². The summed E-state index contributed by atoms with van der Waals surface area (Å²) in [5.74, 6) is 1.38. The third-order valence-corrected chi connectivity index (χ3v) is 4.35. The number of nitrogens with one attached hydrogen (secondary N) is 2. The summed E-state index contributed by atoms with van der Waals surface area (Å²) in [7, 11) is 0. The predicted molar refractivity (Wildman–Crippen MR) is 98.1 cm³/mol. The highest BCUT2D eigenvalue weighted by molar-refractivity contribution is 7.98. The Morgan fingerprint density at radius 3 is 2.54 bits per heavy atom. The van der Waals surface area contributed by atoms with Gasteiger partial charge in [-0.1, -0.05) is 42.1 Å². The Morgan fingerprint density at radius 1 is 1.19 bits per heavy atom. The van der Waals surface area contributed by atoms with Gasteiger partial charge >= 0.3 is 0 Å². The van der Waals surface area contributed by atoms with E-state index in [1.54, 1.807) is 0 Å². The van der Waals surface area contributed by atoms with Crippen molar-refractivity contribution in [2.24, 2.45) is 0 Å². The average molecular weight is 399 g/mol. The second-order valence-electron chi connectivity index (χ2n) is 5.04. The molecule has 1 aromatic carbocycles. The van der Waals surface area contributed by atoms with Crippen molar-refractivity contribution in [3.8, 4) is 0 Å². The highest BCUT2D eigenvalue weighted by atomic mass is 32.2. The van der Waals surface area contributed by atoms with Gasteiger partial charge in [-0.3, -0.25) is 4.18 Å². The molecule has 0 saturated carbocycles. The van der Waals surface area contributed by atoms with Crippen molar-refractivity contribution < 1.29 is 23.2 Å². The molecule has 26 heavy (non-hydrogen) atoms. The molecular weight excluding hydrogens is 380 g/mol. The van der Waals surface area contributed by atoms with Crippen LogP contribution in [0.2, 0.25) is 0 Å². The van der Waals surface area contributed by atoms with Gasteiger partial charge in [0.05, 0.1) is 30.6 Å². The average Bonchev–Trinajstić information content (AvgIpc) is 2.65. The van der Waals surface area contributed by atoms with E-state index >= 15 is 0 Å². The van der Waals surface area contributed by atoms with E-state index in [1.165, 1.54) is 17.8 Å². The lowest BCUT2D eigenvalue weighted by atomic mass is 10.2. The van der Waals surface area contributed by atoms with Crippen LogP contribution in [0.4, 0.5) is 11.6 Å². The van der Waals surface area contributed by atoms with Crippen LogP contribution in [0.3, 0.4) is 0 Å². The molecule has 0 fully saturated rings. The Labute approximate surface area is 157 Å². The van der Waals surface area contributed by atoms with Crippen molar-refractivity contribution in [3.05, 3.63) is 42.0 Å². The first-order chi connectivity index (χ1) is 12.6. The molecule has 1 unspecified atom stereocenters. The normalized spacial score (nSPS) is 12.2. The molecule has 142 valence electrons. The minimum Gasteiger partial charge on any atom is -0.750 e. The van der Waals surface area contributed by atoms with Gasteiger partial charge in [-0.05, 0) is 5.56 Å². The number of hydrogen-bond acceptors (Lipinski definition) is 10. The van der Waals surface area contributed by atoms with E-state index in [0.717, 1.165) is 5.56 Å². The monoisotopic (exact) mass is 399 g/mol. The van der Waals surface area contributed by atoms with E-state index in [9.17, 15) is 19.0 Å². The van der Waals surface area contributed by atoms with Crippen molar-refractivity contribution in [1.29, 1.82) is 0 Å². The van der Waals surface area contributed by atoms with Crippen LogP contribution in [0.5, 0.6) is 0 Å². The standard InChI is InChI=1S/C15H20N4O5S2/c20-7-12(8-21)17-14-6-13(16-10-24-26(22)23)18-15(19-14)25-9-11-4-2-1-3-5-11/h1-6,12,20-21H,7-10H2,(H,22,23)(H2,16,17,18,19)/p-1. The lowest BCUT2D eigenvalue weighted by molar-refractivity contribution is 0.203. The maximum absolute atomic E-state index is 10.4. The van der Waals surface area contributed by atoms with E-state index in [-0.39, 0.29) is 19.9 Å². The van der Waals surface area contributed by atoms with E-state index in [4.69, 9.17) is 0 Å². The predicted octanol–water partition coefficient (Wildman–Crippen LogP) is 0.714. The molecule has 0 aliphatic heterocycles. The van der Waals surface area contributed by atoms with Crippen LogP contribution < -0.4 is 10.6 Å². The molecule has 0 aliphatic carbocycles. The third-order valence-electron chi connectivity index (χ3n) is 3.12. The fourth-order valence-electron chi connectivity index (χ4n) is 1.89. The van der Waals surface area contributed by atoms with Gasteiger partial charge in [0.1, 0.15) is 18.4 Å². The fourth-order valence-corrected chi connectivity index (χ4v) is 2.86. The Kier molecular flexibility index (Phi) is 8.74. The first-order valence-corrected chi connectivity index (χ1v) is 9.59. The topological polar surface area (TPSA) is 140 Å². The first kappa shape index (κ1) is 20.6. The largest absolute Gasteiger partial charge is 0.750 e. The second kappa shape index (κ2) is 11.1. The van der Waals surface area contributed by atoms with Crippen LogP contribution in [-0.4, -0.2) is 54.9 Å². The number of benzene rings is 1. The van der Waals surface area contributed by atoms with Gasteiger partial charge in [0.25, 0.3) is 0 Å². The SMILES string of the molecule is O=S([O-])OCNc1cc(NC(CO)CO)nc(SCc2ccccc2)n1. The van der Waals surface area contributed by atoms with Gasteiger partial charge in [0.15, 0.2) is 5.16 Å². The molecule has 1 aromatic heterocycles. The van der Waals surface area contributed by atoms with E-state index in [1.807, 2.05) is 30.3 Å². The molecule has 0 aliphatic rings. The molecular formula is C15H19N4O5S2-. The fraction of sp³-hybridized carbons (Fsp3) is 0.333. The molecule has 0 bridgehead atoms. The summed E-state index contributed by atoms with van der Waals surface area (Å²) in [6.07, 6.45) is 0. The number of aliphatic hydroxyl groups excluding tert-OH is 2. The minimum absolute atomic E-state index is 0.270. The zero-order valence-corrected chi connectivity index (χ0v) is 15.3. The van der Waals surface area contributed by atoms with E-state index in [2.05, 4.69) is 24.8 Å². The number of thioether (sulfide) groups is 1. The Hall–Kier alpha value is -1.76. The van der Waals surface area contributed by atoms with Crippen LogP contribution in [0.25, 0.3) is 0 Å². The van der Waals surface area contributed by atoms with Gasteiger partial charge in [-0.15, -0.1) is 0 Å². The number of aliphatic hydroxyl groups is 2. The quantitative estimate of drug-likeness (QED) is 0.185. The molecule has 9 nitrogen and oxygen atoms in total. The van der Waals surface area contributed by atoms with Gasteiger partial charge < -0.3 is 25.4 Å². The maximum Gasteiger partial charge on any atom is 0.191 e. The van der Waals surface area contributed by atoms with Crippen LogP contribution >= 0.6 is 11.8 Å². The molecule has 2 rings (SSSR count). The Bertz CT molecular complexity index is 704. The molecule has 0 radical (unpaired) electrons. The molecule has 4 N–H and O–H groups in total. The molecule has 0 saturated heterocycles. The highest BCUT2D eigenvalue weighted by Crippen LogP contribution is 2.23. The highest BCUT2D eigenvalue weighted by Gasteiger charge is 2.10. The molecule has 1 atom stereocenters. The second-order valence-corrected chi connectivity index (χ2v) is 6.63. The lowest BCUT2D eigenvalue weighted by Crippen LogP contribution is -2.28. The molecule has 0 spiro atoms. The third kappa shape index (κ3) is 7.23. The first-order valence-electron chi connectivity index (χ1n) is 7.61. The van der Waals surface area contributed by atoms with Crippen molar-refractivity contribution in [2.75, 3.05) is 30.6 Å². The van der Waals surface area contributed by atoms with Crippen molar-refractivity contribution in [1.82, 2.24) is 9.97 Å².